The van der Waals surface area contributed by atoms with Crippen LogP contribution in [0.3, 0.4) is 0 Å². The second kappa shape index (κ2) is 5.14. The van der Waals surface area contributed by atoms with E-state index in [0.717, 1.165) is 23.0 Å². The van der Waals surface area contributed by atoms with Gasteiger partial charge in [-0.05, 0) is 23.9 Å². The molecular formula is C12H9ClF2N2OS. The van der Waals surface area contributed by atoms with Crippen LogP contribution in [0.4, 0.5) is 20.2 Å². The van der Waals surface area contributed by atoms with Gasteiger partial charge in [-0.3, -0.25) is 4.79 Å². The van der Waals surface area contributed by atoms with E-state index in [2.05, 4.69) is 5.32 Å². The van der Waals surface area contributed by atoms with Crippen molar-refractivity contribution in [2.24, 2.45) is 0 Å². The Kier molecular flexibility index (Phi) is 3.73. The van der Waals surface area contributed by atoms with Crippen LogP contribution in [0, 0.1) is 18.6 Å². The highest BCUT2D eigenvalue weighted by Crippen LogP contribution is 2.29. The van der Waals surface area contributed by atoms with Gasteiger partial charge < -0.3 is 11.1 Å². The second-order valence-corrected chi connectivity index (χ2v) is 5.13. The third kappa shape index (κ3) is 2.69. The molecule has 3 N–H and O–H groups in total. The number of benzene rings is 1. The van der Waals surface area contributed by atoms with Crippen molar-refractivity contribution >= 4 is 40.2 Å². The summed E-state index contributed by atoms with van der Waals surface area (Å²) in [4.78, 5) is 12.2. The van der Waals surface area contributed by atoms with Gasteiger partial charge in [0.2, 0.25) is 0 Å². The number of halogens is 3. The van der Waals surface area contributed by atoms with Crippen molar-refractivity contribution in [2.75, 3.05) is 11.1 Å². The van der Waals surface area contributed by atoms with Gasteiger partial charge in [0.05, 0.1) is 16.4 Å². The number of nitrogens with one attached hydrogen (secondary N) is 1. The summed E-state index contributed by atoms with van der Waals surface area (Å²) < 4.78 is 26.5. The number of nitrogens with two attached hydrogens (primary N) is 1. The summed E-state index contributed by atoms with van der Waals surface area (Å²) in [5, 5.41) is 4.35. The maximum Gasteiger partial charge on any atom is 0.267 e. The van der Waals surface area contributed by atoms with E-state index in [1.54, 1.807) is 12.3 Å². The van der Waals surface area contributed by atoms with E-state index in [1.807, 2.05) is 0 Å². The molecule has 7 heteroatoms. The molecule has 1 aromatic carbocycles. The molecule has 0 aliphatic carbocycles. The Labute approximate surface area is 117 Å². The minimum atomic E-state index is -0.899. The number of hydrogen-bond donors (Lipinski definition) is 2. The average molecular weight is 303 g/mol. The predicted molar refractivity (Wildman–Crippen MR) is 72.8 cm³/mol. The Morgan fingerprint density at radius 2 is 2.05 bits per heavy atom. The van der Waals surface area contributed by atoms with Gasteiger partial charge in [0.1, 0.15) is 16.5 Å². The number of aryl methyl sites for hydroxylation is 1. The molecule has 0 saturated carbocycles. The predicted octanol–water partition coefficient (Wildman–Crippen LogP) is 3.82. The van der Waals surface area contributed by atoms with Crippen molar-refractivity contribution < 1.29 is 13.6 Å². The highest BCUT2D eigenvalue weighted by Gasteiger charge is 2.17. The molecular weight excluding hydrogens is 294 g/mol. The van der Waals surface area contributed by atoms with Crippen molar-refractivity contribution in [3.05, 3.63) is 44.6 Å². The van der Waals surface area contributed by atoms with Gasteiger partial charge in [-0.25, -0.2) is 8.78 Å². The highest BCUT2D eigenvalue weighted by molar-refractivity contribution is 7.13. The van der Waals surface area contributed by atoms with Gasteiger partial charge in [-0.15, -0.1) is 11.3 Å². The molecule has 0 bridgehead atoms. The first-order chi connectivity index (χ1) is 8.90. The number of rotatable bonds is 2. The molecule has 0 radical (unpaired) electrons. The van der Waals surface area contributed by atoms with Crippen LogP contribution in [0.1, 0.15) is 15.2 Å². The third-order valence-electron chi connectivity index (χ3n) is 2.44. The summed E-state index contributed by atoms with van der Waals surface area (Å²) in [7, 11) is 0. The van der Waals surface area contributed by atoms with E-state index in [1.165, 1.54) is 0 Å². The molecule has 0 atom stereocenters. The summed E-state index contributed by atoms with van der Waals surface area (Å²) in [5.41, 5.74) is 5.65. The lowest BCUT2D eigenvalue weighted by atomic mass is 10.2. The lowest BCUT2D eigenvalue weighted by Gasteiger charge is -2.07. The van der Waals surface area contributed by atoms with Crippen molar-refractivity contribution in [1.29, 1.82) is 0 Å². The lowest BCUT2D eigenvalue weighted by molar-refractivity contribution is 0.103. The van der Waals surface area contributed by atoms with Crippen molar-refractivity contribution in [2.45, 2.75) is 6.92 Å². The minimum Gasteiger partial charge on any atom is -0.396 e. The second-order valence-electron chi connectivity index (χ2n) is 3.87. The van der Waals surface area contributed by atoms with E-state index in [0.29, 0.717) is 11.1 Å². The SMILES string of the molecule is Cc1csc(C(=O)Nc2cc(N)c(F)cc2F)c1Cl. The van der Waals surface area contributed by atoms with E-state index < -0.39 is 17.5 Å². The highest BCUT2D eigenvalue weighted by atomic mass is 35.5. The van der Waals surface area contributed by atoms with Crippen molar-refractivity contribution in [3.63, 3.8) is 0 Å². The Morgan fingerprint density at radius 3 is 2.63 bits per heavy atom. The van der Waals surface area contributed by atoms with Gasteiger partial charge in [0, 0.05) is 6.07 Å². The van der Waals surface area contributed by atoms with Crippen LogP contribution >= 0.6 is 22.9 Å². The molecule has 0 saturated heterocycles. The van der Waals surface area contributed by atoms with Crippen molar-refractivity contribution in [1.82, 2.24) is 0 Å². The molecule has 0 spiro atoms. The molecule has 0 aliphatic heterocycles. The normalized spacial score (nSPS) is 10.5. The van der Waals surface area contributed by atoms with Crippen LogP contribution in [-0.4, -0.2) is 5.91 Å². The maximum absolute atomic E-state index is 13.5. The number of carbonyl (C=O) groups excluding carboxylic acids is 1. The molecule has 2 rings (SSSR count). The quantitative estimate of drug-likeness (QED) is 0.829. The Balaban J connectivity index is 2.29. The van der Waals surface area contributed by atoms with Crippen LogP contribution in [0.15, 0.2) is 17.5 Å². The summed E-state index contributed by atoms with van der Waals surface area (Å²) >= 11 is 7.08. The Hall–Kier alpha value is -1.66. The maximum atomic E-state index is 13.5. The molecule has 1 amide bonds. The standard InChI is InChI=1S/C12H9ClF2N2OS/c1-5-4-19-11(10(5)13)12(18)17-9-3-8(16)6(14)2-7(9)15/h2-4H,16H2,1H3,(H,17,18). The fourth-order valence-electron chi connectivity index (χ4n) is 1.42. The smallest absolute Gasteiger partial charge is 0.267 e. The van der Waals surface area contributed by atoms with E-state index in [-0.39, 0.29) is 16.3 Å². The van der Waals surface area contributed by atoms with Crippen LogP contribution in [-0.2, 0) is 0 Å². The first kappa shape index (κ1) is 13.8. The van der Waals surface area contributed by atoms with Crippen LogP contribution in [0.2, 0.25) is 5.02 Å². The zero-order chi connectivity index (χ0) is 14.2. The molecule has 0 unspecified atom stereocenters. The van der Waals surface area contributed by atoms with Crippen LogP contribution < -0.4 is 11.1 Å². The van der Waals surface area contributed by atoms with Crippen LogP contribution in [0.25, 0.3) is 0 Å². The first-order valence-electron chi connectivity index (χ1n) is 5.19. The molecule has 2 aromatic rings. The summed E-state index contributed by atoms with van der Waals surface area (Å²) in [6, 6.07) is 1.64. The van der Waals surface area contributed by atoms with Crippen molar-refractivity contribution in [3.8, 4) is 0 Å². The van der Waals surface area contributed by atoms with E-state index in [9.17, 15) is 13.6 Å². The van der Waals surface area contributed by atoms with Gasteiger partial charge in [-0.1, -0.05) is 11.6 Å². The zero-order valence-electron chi connectivity index (χ0n) is 9.76. The lowest BCUT2D eigenvalue weighted by Crippen LogP contribution is -2.12. The van der Waals surface area contributed by atoms with Gasteiger partial charge in [-0.2, -0.15) is 0 Å². The summed E-state index contributed by atoms with van der Waals surface area (Å²) in [6.07, 6.45) is 0. The molecule has 1 aromatic heterocycles. The number of thiophene rings is 1. The molecule has 100 valence electrons. The number of hydrogen-bond acceptors (Lipinski definition) is 3. The number of amides is 1. The van der Waals surface area contributed by atoms with E-state index >= 15 is 0 Å². The fourth-order valence-corrected chi connectivity index (χ4v) is 2.60. The Bertz CT molecular complexity index is 657. The first-order valence-corrected chi connectivity index (χ1v) is 6.45. The third-order valence-corrected chi connectivity index (χ3v) is 4.14. The summed E-state index contributed by atoms with van der Waals surface area (Å²) in [6.45, 7) is 1.76. The molecule has 0 fully saturated rings. The molecule has 0 aliphatic rings. The Morgan fingerprint density at radius 1 is 1.37 bits per heavy atom. The fraction of sp³-hybridized carbons (Fsp3) is 0.0833. The van der Waals surface area contributed by atoms with Gasteiger partial charge >= 0.3 is 0 Å². The average Bonchev–Trinajstić information content (AvgIpc) is 2.67. The van der Waals surface area contributed by atoms with Gasteiger partial charge in [0.15, 0.2) is 0 Å². The minimum absolute atomic E-state index is 0.189. The summed E-state index contributed by atoms with van der Waals surface area (Å²) in [5.74, 6) is -2.34. The van der Waals surface area contributed by atoms with Crippen LogP contribution in [0.5, 0.6) is 0 Å². The zero-order valence-corrected chi connectivity index (χ0v) is 11.3. The monoisotopic (exact) mass is 302 g/mol. The topological polar surface area (TPSA) is 55.1 Å². The molecule has 1 heterocycles. The number of carbonyl (C=O) groups is 1. The molecule has 3 nitrogen and oxygen atoms in total. The van der Waals surface area contributed by atoms with E-state index in [4.69, 9.17) is 17.3 Å². The number of anilines is 2. The molecule has 19 heavy (non-hydrogen) atoms. The number of nitrogen functional groups attached to an aromatic ring is 1. The van der Waals surface area contributed by atoms with Gasteiger partial charge in [0.25, 0.3) is 5.91 Å². The largest absolute Gasteiger partial charge is 0.396 e.